The van der Waals surface area contributed by atoms with Gasteiger partial charge in [0, 0.05) is 11.8 Å². The summed E-state index contributed by atoms with van der Waals surface area (Å²) in [5.74, 6) is -4.69. The number of rotatable bonds is 4. The zero-order valence-corrected chi connectivity index (χ0v) is 8.99. The molecule has 94 valence electrons. The lowest BCUT2D eigenvalue weighted by Crippen LogP contribution is -2.18. The summed E-state index contributed by atoms with van der Waals surface area (Å²) in [5, 5.41) is 12.2. The van der Waals surface area contributed by atoms with Crippen LogP contribution in [0.5, 0.6) is 0 Å². The van der Waals surface area contributed by atoms with Crippen LogP contribution in [0, 0.1) is 0 Å². The number of aromatic nitrogens is 4. The SMILES string of the molecule is O=C(O)CC(F)(F)c1ccc(-n2cncn2)nc1. The van der Waals surface area contributed by atoms with E-state index < -0.39 is 23.9 Å². The third kappa shape index (κ3) is 2.47. The molecule has 2 aromatic heterocycles. The topological polar surface area (TPSA) is 80.9 Å². The zero-order chi connectivity index (χ0) is 13.2. The molecule has 0 amide bonds. The summed E-state index contributed by atoms with van der Waals surface area (Å²) in [6.07, 6.45) is 2.32. The van der Waals surface area contributed by atoms with Gasteiger partial charge in [0.25, 0.3) is 5.92 Å². The maximum atomic E-state index is 13.4. The molecule has 0 radical (unpaired) electrons. The number of carboxylic acids is 1. The summed E-state index contributed by atoms with van der Waals surface area (Å²) < 4.78 is 28.2. The van der Waals surface area contributed by atoms with Crippen molar-refractivity contribution >= 4 is 5.97 Å². The fraction of sp³-hybridized carbons (Fsp3) is 0.200. The predicted octanol–water partition coefficient (Wildman–Crippen LogP) is 1.23. The molecule has 2 rings (SSSR count). The molecule has 0 aromatic carbocycles. The Balaban J connectivity index is 2.25. The van der Waals surface area contributed by atoms with Gasteiger partial charge in [0.2, 0.25) is 0 Å². The lowest BCUT2D eigenvalue weighted by Gasteiger charge is -2.13. The van der Waals surface area contributed by atoms with Gasteiger partial charge in [-0.3, -0.25) is 4.79 Å². The summed E-state index contributed by atoms with van der Waals surface area (Å²) in [5.41, 5.74) is -0.450. The molecule has 0 aliphatic carbocycles. The van der Waals surface area contributed by atoms with Gasteiger partial charge in [0.15, 0.2) is 5.82 Å². The van der Waals surface area contributed by atoms with Crippen LogP contribution in [0.3, 0.4) is 0 Å². The van der Waals surface area contributed by atoms with E-state index in [9.17, 15) is 13.6 Å². The highest BCUT2D eigenvalue weighted by Crippen LogP contribution is 2.31. The highest BCUT2D eigenvalue weighted by molar-refractivity contribution is 5.68. The van der Waals surface area contributed by atoms with E-state index in [-0.39, 0.29) is 0 Å². The van der Waals surface area contributed by atoms with Crippen molar-refractivity contribution in [3.05, 3.63) is 36.5 Å². The minimum absolute atomic E-state index is 0.322. The summed E-state index contributed by atoms with van der Waals surface area (Å²) in [7, 11) is 0. The third-order valence-corrected chi connectivity index (χ3v) is 2.20. The number of carbonyl (C=O) groups is 1. The highest BCUT2D eigenvalue weighted by atomic mass is 19.3. The van der Waals surface area contributed by atoms with Crippen LogP contribution in [0.1, 0.15) is 12.0 Å². The first-order valence-corrected chi connectivity index (χ1v) is 4.90. The molecule has 0 bridgehead atoms. The first-order valence-electron chi connectivity index (χ1n) is 4.90. The maximum absolute atomic E-state index is 13.4. The number of halogens is 2. The minimum atomic E-state index is -3.44. The van der Waals surface area contributed by atoms with E-state index >= 15 is 0 Å². The second-order valence-electron chi connectivity index (χ2n) is 3.52. The number of hydrogen-bond acceptors (Lipinski definition) is 4. The van der Waals surface area contributed by atoms with Crippen LogP contribution in [0.2, 0.25) is 0 Å². The Morgan fingerprint density at radius 1 is 1.44 bits per heavy atom. The molecule has 1 N–H and O–H groups in total. The molecule has 0 saturated carbocycles. The average molecular weight is 254 g/mol. The molecule has 2 aromatic rings. The van der Waals surface area contributed by atoms with Crippen LogP contribution in [0.25, 0.3) is 5.82 Å². The number of nitrogens with zero attached hydrogens (tertiary/aromatic N) is 4. The second-order valence-corrected chi connectivity index (χ2v) is 3.52. The van der Waals surface area contributed by atoms with Crippen molar-refractivity contribution in [2.75, 3.05) is 0 Å². The number of aliphatic carboxylic acids is 1. The Kier molecular flexibility index (Phi) is 3.00. The van der Waals surface area contributed by atoms with Crippen LogP contribution in [-0.4, -0.2) is 30.8 Å². The molecule has 0 fully saturated rings. The molecule has 0 unspecified atom stereocenters. The van der Waals surface area contributed by atoms with Crippen molar-refractivity contribution in [3.63, 3.8) is 0 Å². The predicted molar refractivity (Wildman–Crippen MR) is 55.3 cm³/mol. The average Bonchev–Trinajstić information content (AvgIpc) is 2.81. The lowest BCUT2D eigenvalue weighted by molar-refractivity contribution is -0.145. The van der Waals surface area contributed by atoms with Crippen molar-refractivity contribution in [1.82, 2.24) is 19.7 Å². The molecular weight excluding hydrogens is 246 g/mol. The van der Waals surface area contributed by atoms with Gasteiger partial charge in [0.05, 0.1) is 0 Å². The van der Waals surface area contributed by atoms with Gasteiger partial charge in [-0.15, -0.1) is 0 Å². The van der Waals surface area contributed by atoms with Gasteiger partial charge in [-0.2, -0.15) is 5.10 Å². The first kappa shape index (κ1) is 12.1. The van der Waals surface area contributed by atoms with Gasteiger partial charge in [-0.1, -0.05) is 0 Å². The molecule has 2 heterocycles. The smallest absolute Gasteiger partial charge is 0.309 e. The standard InChI is InChI=1S/C10H8F2N4O2/c11-10(12,3-9(17)18)7-1-2-8(14-4-7)16-6-13-5-15-16/h1-2,4-6H,3H2,(H,17,18). The molecule has 8 heteroatoms. The first-order chi connectivity index (χ1) is 8.49. The zero-order valence-electron chi connectivity index (χ0n) is 8.99. The lowest BCUT2D eigenvalue weighted by atomic mass is 10.1. The fourth-order valence-electron chi connectivity index (χ4n) is 1.36. The van der Waals surface area contributed by atoms with Crippen LogP contribution in [-0.2, 0) is 10.7 Å². The second kappa shape index (κ2) is 4.47. The van der Waals surface area contributed by atoms with Crippen LogP contribution < -0.4 is 0 Å². The number of carboxylic acid groups (broad SMARTS) is 1. The van der Waals surface area contributed by atoms with Gasteiger partial charge in [-0.25, -0.2) is 23.4 Å². The normalized spacial score (nSPS) is 11.4. The van der Waals surface area contributed by atoms with Gasteiger partial charge in [-0.05, 0) is 12.1 Å². The van der Waals surface area contributed by atoms with Crippen LogP contribution >= 0.6 is 0 Å². The largest absolute Gasteiger partial charge is 0.481 e. The third-order valence-electron chi connectivity index (χ3n) is 2.20. The van der Waals surface area contributed by atoms with Gasteiger partial charge >= 0.3 is 5.97 Å². The Hall–Kier alpha value is -2.38. The van der Waals surface area contributed by atoms with Crippen molar-refractivity contribution in [2.24, 2.45) is 0 Å². The summed E-state index contributed by atoms with van der Waals surface area (Å²) in [6.45, 7) is 0. The van der Waals surface area contributed by atoms with E-state index in [4.69, 9.17) is 5.11 Å². The molecule has 0 aliphatic heterocycles. The van der Waals surface area contributed by atoms with E-state index in [1.807, 2.05) is 0 Å². The van der Waals surface area contributed by atoms with Crippen LogP contribution in [0.4, 0.5) is 8.78 Å². The van der Waals surface area contributed by atoms with Gasteiger partial charge < -0.3 is 5.11 Å². The molecule has 18 heavy (non-hydrogen) atoms. The highest BCUT2D eigenvalue weighted by Gasteiger charge is 2.34. The van der Waals surface area contributed by atoms with Crippen LogP contribution in [0.15, 0.2) is 31.0 Å². The molecule has 0 spiro atoms. The molecule has 0 atom stereocenters. The van der Waals surface area contributed by atoms with Crippen molar-refractivity contribution < 1.29 is 18.7 Å². The summed E-state index contributed by atoms with van der Waals surface area (Å²) >= 11 is 0. The van der Waals surface area contributed by atoms with E-state index in [0.717, 1.165) is 12.3 Å². The van der Waals surface area contributed by atoms with E-state index in [0.29, 0.717) is 5.82 Å². The fourth-order valence-corrected chi connectivity index (χ4v) is 1.36. The minimum Gasteiger partial charge on any atom is -0.481 e. The van der Waals surface area contributed by atoms with Gasteiger partial charge in [0.1, 0.15) is 19.1 Å². The molecule has 0 aliphatic rings. The Labute approximate surface area is 99.9 Å². The van der Waals surface area contributed by atoms with Crippen molar-refractivity contribution in [3.8, 4) is 5.82 Å². The monoisotopic (exact) mass is 254 g/mol. The number of alkyl halides is 2. The Morgan fingerprint density at radius 2 is 2.22 bits per heavy atom. The van der Waals surface area contributed by atoms with Crippen molar-refractivity contribution in [2.45, 2.75) is 12.3 Å². The quantitative estimate of drug-likeness (QED) is 0.887. The summed E-state index contributed by atoms with van der Waals surface area (Å²) in [4.78, 5) is 17.8. The molecule has 6 nitrogen and oxygen atoms in total. The van der Waals surface area contributed by atoms with E-state index in [2.05, 4.69) is 15.1 Å². The van der Waals surface area contributed by atoms with E-state index in [1.165, 1.54) is 23.4 Å². The Bertz CT molecular complexity index is 540. The van der Waals surface area contributed by atoms with E-state index in [1.54, 1.807) is 0 Å². The number of hydrogen-bond donors (Lipinski definition) is 1. The molecular formula is C10H8F2N4O2. The number of pyridine rings is 1. The maximum Gasteiger partial charge on any atom is 0.309 e. The Morgan fingerprint density at radius 3 is 2.72 bits per heavy atom. The van der Waals surface area contributed by atoms with Crippen molar-refractivity contribution in [1.29, 1.82) is 0 Å². The molecule has 0 saturated heterocycles. The summed E-state index contributed by atoms with van der Waals surface area (Å²) in [6, 6.07) is 2.44.